The van der Waals surface area contributed by atoms with Gasteiger partial charge in [0.25, 0.3) is 5.91 Å². The summed E-state index contributed by atoms with van der Waals surface area (Å²) in [7, 11) is 1.34. The summed E-state index contributed by atoms with van der Waals surface area (Å²) < 4.78 is 11.2. The van der Waals surface area contributed by atoms with Gasteiger partial charge in [0.2, 0.25) is 0 Å². The van der Waals surface area contributed by atoms with E-state index in [1.807, 2.05) is 67.6 Å². The number of nitrogens with zero attached hydrogens (tertiary/aromatic N) is 1. The first-order valence-electron chi connectivity index (χ1n) is 10.5. The minimum absolute atomic E-state index is 0.148. The third kappa shape index (κ3) is 4.76. The van der Waals surface area contributed by atoms with Crippen molar-refractivity contribution in [1.82, 2.24) is 0 Å². The normalized spacial score (nSPS) is 14.4. The van der Waals surface area contributed by atoms with Gasteiger partial charge in [-0.25, -0.2) is 4.79 Å². The van der Waals surface area contributed by atoms with Crippen LogP contribution in [0.5, 0.6) is 5.75 Å². The van der Waals surface area contributed by atoms with Gasteiger partial charge in [-0.2, -0.15) is 0 Å². The largest absolute Gasteiger partial charge is 0.493 e. The van der Waals surface area contributed by atoms with E-state index in [-0.39, 0.29) is 5.91 Å². The van der Waals surface area contributed by atoms with E-state index in [9.17, 15) is 9.59 Å². The number of rotatable bonds is 6. The molecule has 1 aliphatic rings. The van der Waals surface area contributed by atoms with Crippen LogP contribution in [0.3, 0.4) is 0 Å². The third-order valence-corrected chi connectivity index (χ3v) is 5.80. The first kappa shape index (κ1) is 22.6. The lowest BCUT2D eigenvalue weighted by molar-refractivity contribution is -0.113. The zero-order chi connectivity index (χ0) is 23.4. The van der Waals surface area contributed by atoms with E-state index in [1.165, 1.54) is 7.11 Å². The predicted octanol–water partition coefficient (Wildman–Crippen LogP) is 6.11. The lowest BCUT2D eigenvalue weighted by Crippen LogP contribution is -2.25. The van der Waals surface area contributed by atoms with Gasteiger partial charge in [-0.1, -0.05) is 36.4 Å². The molecule has 0 atom stereocenters. The number of esters is 1. The molecular weight excluding hydrogens is 482 g/mol. The predicted molar refractivity (Wildman–Crippen MR) is 133 cm³/mol. The number of benzene rings is 3. The molecule has 3 aromatic rings. The van der Waals surface area contributed by atoms with Gasteiger partial charge < -0.3 is 9.47 Å². The molecule has 1 aliphatic heterocycles. The summed E-state index contributed by atoms with van der Waals surface area (Å²) in [6.45, 7) is 2.51. The van der Waals surface area contributed by atoms with Crippen LogP contribution in [0.4, 0.5) is 5.69 Å². The van der Waals surface area contributed by atoms with Crippen LogP contribution in [0.1, 0.15) is 28.4 Å². The first-order chi connectivity index (χ1) is 16.0. The fourth-order valence-electron chi connectivity index (χ4n) is 3.62. The number of amides is 1. The minimum atomic E-state index is -0.421. The van der Waals surface area contributed by atoms with Crippen molar-refractivity contribution in [3.05, 3.63) is 106 Å². The van der Waals surface area contributed by atoms with Crippen LogP contribution in [0.25, 0.3) is 11.8 Å². The van der Waals surface area contributed by atoms with E-state index >= 15 is 0 Å². The molecular formula is C27H22BrNO4. The van der Waals surface area contributed by atoms with Crippen molar-refractivity contribution >= 4 is 45.3 Å². The minimum Gasteiger partial charge on any atom is -0.493 e. The highest BCUT2D eigenvalue weighted by atomic mass is 79.9. The number of carbonyl (C=O) groups is 2. The summed E-state index contributed by atoms with van der Waals surface area (Å²) in [6.07, 6.45) is 3.74. The van der Waals surface area contributed by atoms with E-state index in [2.05, 4.69) is 15.9 Å². The number of anilines is 1. The van der Waals surface area contributed by atoms with Gasteiger partial charge in [0.05, 0.1) is 29.4 Å². The highest BCUT2D eigenvalue weighted by Gasteiger charge is 2.30. The van der Waals surface area contributed by atoms with Gasteiger partial charge in [0, 0.05) is 11.3 Å². The Labute approximate surface area is 201 Å². The summed E-state index contributed by atoms with van der Waals surface area (Å²) in [5, 5.41) is 0. The maximum atomic E-state index is 13.5. The monoisotopic (exact) mass is 503 g/mol. The molecule has 0 aromatic heterocycles. The quantitative estimate of drug-likeness (QED) is 0.301. The second-order valence-electron chi connectivity index (χ2n) is 7.30. The number of carbonyl (C=O) groups excluding carboxylic acids is 2. The Bertz CT molecular complexity index is 1250. The van der Waals surface area contributed by atoms with Crippen LogP contribution in [-0.4, -0.2) is 25.6 Å². The van der Waals surface area contributed by atoms with Crippen molar-refractivity contribution in [3.8, 4) is 5.75 Å². The second kappa shape index (κ2) is 9.88. The molecule has 3 aromatic carbocycles. The average molecular weight is 504 g/mol. The summed E-state index contributed by atoms with van der Waals surface area (Å²) in [6, 6.07) is 22.3. The molecule has 0 radical (unpaired) electrons. The lowest BCUT2D eigenvalue weighted by Gasteiger charge is -2.21. The molecule has 0 bridgehead atoms. The van der Waals surface area contributed by atoms with Gasteiger partial charge in [0.15, 0.2) is 0 Å². The van der Waals surface area contributed by atoms with Crippen LogP contribution >= 0.6 is 15.9 Å². The molecule has 6 heteroatoms. The molecule has 0 unspecified atom stereocenters. The van der Waals surface area contributed by atoms with E-state index in [4.69, 9.17) is 9.47 Å². The molecule has 5 nitrogen and oxygen atoms in total. The molecule has 0 spiro atoms. The van der Waals surface area contributed by atoms with Crippen LogP contribution < -0.4 is 9.64 Å². The molecule has 1 amide bonds. The third-order valence-electron chi connectivity index (χ3n) is 5.18. The molecule has 166 valence electrons. The Morgan fingerprint density at radius 3 is 2.39 bits per heavy atom. The standard InChI is InChI=1S/C27H22BrNO4/c1-3-33-25-14-9-18(16-23(25)28)15-21-17-24(19-7-5-4-6-8-19)29(26(21)30)22-12-10-20(11-13-22)27(31)32-2/h4-17H,3H2,1-2H3/b21-15+. The smallest absolute Gasteiger partial charge is 0.337 e. The summed E-state index contributed by atoms with van der Waals surface area (Å²) >= 11 is 3.53. The Kier molecular flexibility index (Phi) is 6.75. The Morgan fingerprint density at radius 1 is 1.03 bits per heavy atom. The van der Waals surface area contributed by atoms with Gasteiger partial charge in [-0.15, -0.1) is 0 Å². The van der Waals surface area contributed by atoms with Gasteiger partial charge in [0.1, 0.15) is 5.75 Å². The number of methoxy groups -OCH3 is 1. The van der Waals surface area contributed by atoms with Gasteiger partial charge in [-0.3, -0.25) is 9.69 Å². The molecule has 33 heavy (non-hydrogen) atoms. The molecule has 1 heterocycles. The van der Waals surface area contributed by atoms with Crippen molar-refractivity contribution in [3.63, 3.8) is 0 Å². The highest BCUT2D eigenvalue weighted by Crippen LogP contribution is 2.36. The van der Waals surface area contributed by atoms with E-state index in [1.54, 1.807) is 29.2 Å². The van der Waals surface area contributed by atoms with Crippen LogP contribution in [0, 0.1) is 0 Å². The van der Waals surface area contributed by atoms with Crippen LogP contribution in [0.15, 0.2) is 88.9 Å². The Balaban J connectivity index is 1.74. The van der Waals surface area contributed by atoms with Crippen molar-refractivity contribution in [2.24, 2.45) is 0 Å². The number of halogens is 1. The maximum Gasteiger partial charge on any atom is 0.337 e. The van der Waals surface area contributed by atoms with Crippen molar-refractivity contribution in [1.29, 1.82) is 0 Å². The van der Waals surface area contributed by atoms with Crippen LogP contribution in [0.2, 0.25) is 0 Å². The molecule has 0 aliphatic carbocycles. The van der Waals surface area contributed by atoms with E-state index < -0.39 is 5.97 Å². The number of hydrogen-bond acceptors (Lipinski definition) is 4. The highest BCUT2D eigenvalue weighted by molar-refractivity contribution is 9.10. The molecule has 0 saturated heterocycles. The summed E-state index contributed by atoms with van der Waals surface area (Å²) in [4.78, 5) is 27.0. The second-order valence-corrected chi connectivity index (χ2v) is 8.15. The zero-order valence-corrected chi connectivity index (χ0v) is 19.8. The van der Waals surface area contributed by atoms with E-state index in [0.29, 0.717) is 23.4 Å². The summed E-state index contributed by atoms with van der Waals surface area (Å²) in [5.41, 5.74) is 4.20. The fourth-order valence-corrected chi connectivity index (χ4v) is 4.13. The van der Waals surface area contributed by atoms with Crippen LogP contribution in [-0.2, 0) is 9.53 Å². The Hall–Kier alpha value is -3.64. The lowest BCUT2D eigenvalue weighted by atomic mass is 10.1. The molecule has 0 fully saturated rings. The SMILES string of the molecule is CCOc1ccc(/C=C2\C=C(c3ccccc3)N(c3ccc(C(=O)OC)cc3)C2=O)cc1Br. The Morgan fingerprint density at radius 2 is 1.76 bits per heavy atom. The zero-order valence-electron chi connectivity index (χ0n) is 18.2. The fraction of sp³-hybridized carbons (Fsp3) is 0.111. The number of hydrogen-bond donors (Lipinski definition) is 0. The number of ether oxygens (including phenoxy) is 2. The topological polar surface area (TPSA) is 55.8 Å². The van der Waals surface area contributed by atoms with Gasteiger partial charge in [-0.05, 0) is 82.5 Å². The molecule has 0 saturated carbocycles. The first-order valence-corrected chi connectivity index (χ1v) is 11.2. The van der Waals surface area contributed by atoms with E-state index in [0.717, 1.165) is 27.0 Å². The summed E-state index contributed by atoms with van der Waals surface area (Å²) in [5.74, 6) is 0.185. The molecule has 0 N–H and O–H groups in total. The maximum absolute atomic E-state index is 13.5. The van der Waals surface area contributed by atoms with Crippen molar-refractivity contribution in [2.75, 3.05) is 18.6 Å². The molecule has 4 rings (SSSR count). The van der Waals surface area contributed by atoms with Gasteiger partial charge >= 0.3 is 5.97 Å². The van der Waals surface area contributed by atoms with Crippen molar-refractivity contribution in [2.45, 2.75) is 6.92 Å². The average Bonchev–Trinajstić information content (AvgIpc) is 3.17. The van der Waals surface area contributed by atoms with Crippen molar-refractivity contribution < 1.29 is 19.1 Å².